The molecule has 1 amide bonds. The Hall–Kier alpha value is -1.89. The zero-order valence-electron chi connectivity index (χ0n) is 14.1. The van der Waals surface area contributed by atoms with E-state index >= 15 is 0 Å². The Morgan fingerprint density at radius 1 is 1.19 bits per heavy atom. The van der Waals surface area contributed by atoms with Crippen LogP contribution in [-0.2, 0) is 14.3 Å². The topological polar surface area (TPSA) is 64.6 Å². The van der Waals surface area contributed by atoms with E-state index in [2.05, 4.69) is 5.32 Å². The number of anilines is 1. The highest BCUT2D eigenvalue weighted by Crippen LogP contribution is 2.28. The van der Waals surface area contributed by atoms with Gasteiger partial charge in [0.2, 0.25) is 0 Å². The van der Waals surface area contributed by atoms with Crippen LogP contribution in [0.3, 0.4) is 0 Å². The molecule has 26 heavy (non-hydrogen) atoms. The Labute approximate surface area is 166 Å². The van der Waals surface area contributed by atoms with Crippen LogP contribution >= 0.6 is 35.0 Å². The maximum absolute atomic E-state index is 12.2. The molecular formula is C18H17Cl2NO4S. The summed E-state index contributed by atoms with van der Waals surface area (Å²) in [6.07, 6.45) is -0.974. The van der Waals surface area contributed by atoms with E-state index in [-0.39, 0.29) is 5.75 Å². The highest BCUT2D eigenvalue weighted by molar-refractivity contribution is 8.00. The fourth-order valence-electron chi connectivity index (χ4n) is 2.00. The molecule has 2 rings (SSSR count). The van der Waals surface area contributed by atoms with Crippen LogP contribution in [0.25, 0.3) is 0 Å². The SMILES string of the molecule is COc1ccc(Cl)cc1NC(=O)C(C)OC(=O)CSc1ccccc1Cl. The van der Waals surface area contributed by atoms with Gasteiger partial charge >= 0.3 is 5.97 Å². The molecule has 0 spiro atoms. The van der Waals surface area contributed by atoms with Gasteiger partial charge in [-0.15, -0.1) is 11.8 Å². The maximum atomic E-state index is 12.2. The molecule has 0 saturated carbocycles. The number of nitrogens with one attached hydrogen (secondary N) is 1. The fourth-order valence-corrected chi connectivity index (χ4v) is 3.19. The average molecular weight is 414 g/mol. The van der Waals surface area contributed by atoms with Gasteiger partial charge in [-0.1, -0.05) is 35.3 Å². The van der Waals surface area contributed by atoms with Gasteiger partial charge in [-0.05, 0) is 37.3 Å². The summed E-state index contributed by atoms with van der Waals surface area (Å²) in [5, 5.41) is 3.64. The molecule has 0 radical (unpaired) electrons. The lowest BCUT2D eigenvalue weighted by atomic mass is 10.2. The molecule has 0 aliphatic heterocycles. The third-order valence-corrected chi connectivity index (χ3v) is 5.00. The first-order chi connectivity index (χ1) is 12.4. The normalized spacial score (nSPS) is 11.5. The number of methoxy groups -OCH3 is 1. The number of ether oxygens (including phenoxy) is 2. The average Bonchev–Trinajstić information content (AvgIpc) is 2.61. The van der Waals surface area contributed by atoms with Gasteiger partial charge in [-0.3, -0.25) is 9.59 Å². The molecule has 8 heteroatoms. The summed E-state index contributed by atoms with van der Waals surface area (Å²) >= 11 is 13.2. The number of amides is 1. The van der Waals surface area contributed by atoms with Gasteiger partial charge in [0.1, 0.15) is 5.75 Å². The summed E-state index contributed by atoms with van der Waals surface area (Å²) in [5.41, 5.74) is 0.401. The van der Waals surface area contributed by atoms with E-state index in [9.17, 15) is 9.59 Å². The van der Waals surface area contributed by atoms with Crippen molar-refractivity contribution in [2.45, 2.75) is 17.9 Å². The molecule has 5 nitrogen and oxygen atoms in total. The molecule has 0 bridgehead atoms. The largest absolute Gasteiger partial charge is 0.495 e. The second-order valence-corrected chi connectivity index (χ2v) is 7.05. The van der Waals surface area contributed by atoms with Crippen LogP contribution in [0.1, 0.15) is 6.92 Å². The lowest BCUT2D eigenvalue weighted by Crippen LogP contribution is -2.30. The highest BCUT2D eigenvalue weighted by atomic mass is 35.5. The van der Waals surface area contributed by atoms with Crippen LogP contribution in [0.2, 0.25) is 10.0 Å². The summed E-state index contributed by atoms with van der Waals surface area (Å²) in [5.74, 6) is -0.505. The van der Waals surface area contributed by atoms with Crippen LogP contribution in [0.15, 0.2) is 47.4 Å². The number of rotatable bonds is 7. The molecule has 1 unspecified atom stereocenters. The van der Waals surface area contributed by atoms with Crippen LogP contribution in [-0.4, -0.2) is 30.8 Å². The minimum absolute atomic E-state index is 0.0435. The first-order valence-corrected chi connectivity index (χ1v) is 9.36. The predicted molar refractivity (Wildman–Crippen MR) is 104 cm³/mol. The van der Waals surface area contributed by atoms with Crippen molar-refractivity contribution in [2.75, 3.05) is 18.2 Å². The van der Waals surface area contributed by atoms with E-state index in [0.29, 0.717) is 21.5 Å². The zero-order chi connectivity index (χ0) is 19.1. The smallest absolute Gasteiger partial charge is 0.317 e. The summed E-state index contributed by atoms with van der Waals surface area (Å²) in [4.78, 5) is 25.0. The van der Waals surface area contributed by atoms with Gasteiger partial charge in [0, 0.05) is 9.92 Å². The summed E-state index contributed by atoms with van der Waals surface area (Å²) < 4.78 is 10.3. The minimum atomic E-state index is -0.974. The van der Waals surface area contributed by atoms with Gasteiger partial charge in [0.25, 0.3) is 5.91 Å². The van der Waals surface area contributed by atoms with Crippen molar-refractivity contribution in [1.29, 1.82) is 0 Å². The van der Waals surface area contributed by atoms with Crippen molar-refractivity contribution >= 4 is 52.5 Å². The van der Waals surface area contributed by atoms with Crippen molar-refractivity contribution in [1.82, 2.24) is 0 Å². The second-order valence-electron chi connectivity index (χ2n) is 5.19. The summed E-state index contributed by atoms with van der Waals surface area (Å²) in [6, 6.07) is 12.0. The number of hydrogen-bond acceptors (Lipinski definition) is 5. The monoisotopic (exact) mass is 413 g/mol. The molecule has 2 aromatic rings. The number of hydrogen-bond donors (Lipinski definition) is 1. The highest BCUT2D eigenvalue weighted by Gasteiger charge is 2.19. The van der Waals surface area contributed by atoms with Crippen LogP contribution in [0.4, 0.5) is 5.69 Å². The molecule has 0 aliphatic rings. The molecule has 0 aliphatic carbocycles. The molecule has 0 saturated heterocycles. The Morgan fingerprint density at radius 2 is 1.92 bits per heavy atom. The number of carbonyl (C=O) groups is 2. The molecule has 2 aromatic carbocycles. The predicted octanol–water partition coefficient (Wildman–Crippen LogP) is 4.66. The van der Waals surface area contributed by atoms with E-state index in [1.807, 2.05) is 12.1 Å². The van der Waals surface area contributed by atoms with Crippen LogP contribution in [0.5, 0.6) is 5.75 Å². The molecule has 138 valence electrons. The van der Waals surface area contributed by atoms with Crippen molar-refractivity contribution in [3.05, 3.63) is 52.5 Å². The van der Waals surface area contributed by atoms with Crippen molar-refractivity contribution in [3.63, 3.8) is 0 Å². The summed E-state index contributed by atoms with van der Waals surface area (Å²) in [6.45, 7) is 1.49. The molecule has 0 heterocycles. The Morgan fingerprint density at radius 3 is 2.62 bits per heavy atom. The number of halogens is 2. The first-order valence-electron chi connectivity index (χ1n) is 7.62. The standard InChI is InChI=1S/C18H17Cl2NO4S/c1-11(18(23)21-14-9-12(19)7-8-15(14)24-2)25-17(22)10-26-16-6-4-3-5-13(16)20/h3-9,11H,10H2,1-2H3,(H,21,23). The molecular weight excluding hydrogens is 397 g/mol. The second kappa shape index (κ2) is 9.71. The van der Waals surface area contributed by atoms with E-state index in [0.717, 1.165) is 4.90 Å². The Balaban J connectivity index is 1.89. The maximum Gasteiger partial charge on any atom is 0.317 e. The number of benzene rings is 2. The van der Waals surface area contributed by atoms with E-state index in [1.54, 1.807) is 30.3 Å². The lowest BCUT2D eigenvalue weighted by molar-refractivity contribution is -0.150. The van der Waals surface area contributed by atoms with E-state index in [4.69, 9.17) is 32.7 Å². The fraction of sp³-hybridized carbons (Fsp3) is 0.222. The van der Waals surface area contributed by atoms with E-state index < -0.39 is 18.0 Å². The third-order valence-electron chi connectivity index (χ3n) is 3.28. The zero-order valence-corrected chi connectivity index (χ0v) is 16.5. The van der Waals surface area contributed by atoms with E-state index in [1.165, 1.54) is 25.8 Å². The van der Waals surface area contributed by atoms with Gasteiger partial charge in [0.05, 0.1) is 23.6 Å². The Kier molecular flexibility index (Phi) is 7.63. The molecule has 0 aromatic heterocycles. The number of esters is 1. The van der Waals surface area contributed by atoms with Gasteiger partial charge in [-0.2, -0.15) is 0 Å². The lowest BCUT2D eigenvalue weighted by Gasteiger charge is -2.15. The van der Waals surface area contributed by atoms with Crippen LogP contribution in [0, 0.1) is 0 Å². The summed E-state index contributed by atoms with van der Waals surface area (Å²) in [7, 11) is 1.48. The number of thioether (sulfide) groups is 1. The Bertz CT molecular complexity index is 801. The first kappa shape index (κ1) is 20.4. The molecule has 0 fully saturated rings. The van der Waals surface area contributed by atoms with Gasteiger partial charge in [-0.25, -0.2) is 0 Å². The molecule has 1 atom stereocenters. The molecule has 1 N–H and O–H groups in total. The van der Waals surface area contributed by atoms with Crippen molar-refractivity contribution < 1.29 is 19.1 Å². The van der Waals surface area contributed by atoms with Gasteiger partial charge < -0.3 is 14.8 Å². The minimum Gasteiger partial charge on any atom is -0.495 e. The van der Waals surface area contributed by atoms with Crippen LogP contribution < -0.4 is 10.1 Å². The quantitative estimate of drug-likeness (QED) is 0.527. The van der Waals surface area contributed by atoms with Gasteiger partial charge in [0.15, 0.2) is 6.10 Å². The van der Waals surface area contributed by atoms with Crippen molar-refractivity contribution in [3.8, 4) is 5.75 Å². The third kappa shape index (κ3) is 5.83. The number of carbonyl (C=O) groups excluding carboxylic acids is 2. The van der Waals surface area contributed by atoms with Crippen molar-refractivity contribution in [2.24, 2.45) is 0 Å².